The van der Waals surface area contributed by atoms with E-state index in [0.717, 1.165) is 5.56 Å². The highest BCUT2D eigenvalue weighted by molar-refractivity contribution is 5.23. The van der Waals surface area contributed by atoms with Gasteiger partial charge in [-0.1, -0.05) is 17.7 Å². The molecule has 0 fully saturated rings. The second-order valence-electron chi connectivity index (χ2n) is 2.23. The summed E-state index contributed by atoms with van der Waals surface area (Å²) < 4.78 is 24.5. The van der Waals surface area contributed by atoms with Crippen molar-refractivity contribution in [1.82, 2.24) is 0 Å². The van der Waals surface area contributed by atoms with Gasteiger partial charge in [-0.3, -0.25) is 0 Å². The first-order valence-corrected chi connectivity index (χ1v) is 3.05. The van der Waals surface area contributed by atoms with Crippen molar-refractivity contribution in [2.24, 2.45) is 0 Å². The molecule has 2 heteroatoms. The fourth-order valence-corrected chi connectivity index (χ4v) is 0.806. The molecule has 0 aliphatic carbocycles. The maximum Gasteiger partial charge on any atom is 0.129 e. The topological polar surface area (TPSA) is 0 Å². The van der Waals surface area contributed by atoms with Crippen molar-refractivity contribution in [2.45, 2.75) is 13.6 Å². The van der Waals surface area contributed by atoms with E-state index in [-0.39, 0.29) is 5.56 Å². The first kappa shape index (κ1) is 7.19. The van der Waals surface area contributed by atoms with Crippen LogP contribution in [0.25, 0.3) is 0 Å². The van der Waals surface area contributed by atoms with E-state index in [4.69, 9.17) is 0 Å². The first-order valence-electron chi connectivity index (χ1n) is 3.05. The SMILES string of the molecule is Cc1ccc(F)c(CF)c1. The summed E-state index contributed by atoms with van der Waals surface area (Å²) in [6.45, 7) is 1.08. The van der Waals surface area contributed by atoms with Gasteiger partial charge < -0.3 is 0 Å². The molecule has 0 saturated carbocycles. The molecule has 0 radical (unpaired) electrons. The van der Waals surface area contributed by atoms with Crippen LogP contribution < -0.4 is 0 Å². The molecule has 0 amide bonds. The molecule has 0 saturated heterocycles. The summed E-state index contributed by atoms with van der Waals surface area (Å²) >= 11 is 0. The number of hydrogen-bond donors (Lipinski definition) is 0. The summed E-state index contributed by atoms with van der Waals surface area (Å²) in [6, 6.07) is 4.41. The molecular weight excluding hydrogens is 134 g/mol. The van der Waals surface area contributed by atoms with Crippen molar-refractivity contribution < 1.29 is 8.78 Å². The predicted octanol–water partition coefficient (Wildman–Crippen LogP) is 2.60. The van der Waals surface area contributed by atoms with Crippen LogP contribution in [0.2, 0.25) is 0 Å². The van der Waals surface area contributed by atoms with Gasteiger partial charge in [-0.05, 0) is 13.0 Å². The smallest absolute Gasteiger partial charge is 0.129 e. The van der Waals surface area contributed by atoms with Crippen LogP contribution in [0.1, 0.15) is 11.1 Å². The van der Waals surface area contributed by atoms with Gasteiger partial charge in [0.2, 0.25) is 0 Å². The van der Waals surface area contributed by atoms with Crippen LogP contribution in [0, 0.1) is 12.7 Å². The van der Waals surface area contributed by atoms with Crippen molar-refractivity contribution in [2.75, 3.05) is 0 Å². The van der Waals surface area contributed by atoms with Gasteiger partial charge >= 0.3 is 0 Å². The Morgan fingerprint density at radius 1 is 1.40 bits per heavy atom. The van der Waals surface area contributed by atoms with Crippen molar-refractivity contribution in [3.8, 4) is 0 Å². The van der Waals surface area contributed by atoms with Crippen molar-refractivity contribution >= 4 is 0 Å². The highest BCUT2D eigenvalue weighted by atomic mass is 19.1. The van der Waals surface area contributed by atoms with Crippen LogP contribution in [0.15, 0.2) is 18.2 Å². The number of alkyl halides is 1. The summed E-state index contributed by atoms with van der Waals surface area (Å²) in [5.41, 5.74) is 1.02. The maximum atomic E-state index is 12.5. The fraction of sp³-hybridized carbons (Fsp3) is 0.250. The Morgan fingerprint density at radius 2 is 2.10 bits per heavy atom. The van der Waals surface area contributed by atoms with E-state index >= 15 is 0 Å². The number of rotatable bonds is 1. The molecule has 0 nitrogen and oxygen atoms in total. The van der Waals surface area contributed by atoms with Crippen LogP contribution in [-0.4, -0.2) is 0 Å². The number of benzene rings is 1. The Morgan fingerprint density at radius 3 is 2.60 bits per heavy atom. The zero-order valence-electron chi connectivity index (χ0n) is 5.70. The summed E-state index contributed by atoms with van der Waals surface area (Å²) in [7, 11) is 0. The van der Waals surface area contributed by atoms with Crippen molar-refractivity contribution in [3.05, 3.63) is 35.1 Å². The van der Waals surface area contributed by atoms with Crippen molar-refractivity contribution in [1.29, 1.82) is 0 Å². The van der Waals surface area contributed by atoms with E-state index in [2.05, 4.69) is 0 Å². The molecule has 0 spiro atoms. The molecule has 54 valence electrons. The van der Waals surface area contributed by atoms with Crippen LogP contribution in [0.5, 0.6) is 0 Å². The largest absolute Gasteiger partial charge is 0.246 e. The Bertz CT molecular complexity index is 231. The average molecular weight is 142 g/mol. The van der Waals surface area contributed by atoms with Crippen LogP contribution in [-0.2, 0) is 6.67 Å². The van der Waals surface area contributed by atoms with Gasteiger partial charge in [0, 0.05) is 5.56 Å². The molecule has 1 aromatic carbocycles. The van der Waals surface area contributed by atoms with Crippen LogP contribution >= 0.6 is 0 Å². The van der Waals surface area contributed by atoms with Crippen LogP contribution in [0.3, 0.4) is 0 Å². The quantitative estimate of drug-likeness (QED) is 0.565. The number of halogens is 2. The van der Waals surface area contributed by atoms with E-state index in [9.17, 15) is 8.78 Å². The highest BCUT2D eigenvalue weighted by Crippen LogP contribution is 2.10. The van der Waals surface area contributed by atoms with E-state index in [1.165, 1.54) is 12.1 Å². The van der Waals surface area contributed by atoms with Gasteiger partial charge in [0.05, 0.1) is 0 Å². The monoisotopic (exact) mass is 142 g/mol. The minimum atomic E-state index is -0.729. The summed E-state index contributed by atoms with van der Waals surface area (Å²) in [5, 5.41) is 0. The maximum absolute atomic E-state index is 12.5. The lowest BCUT2D eigenvalue weighted by Crippen LogP contribution is -1.86. The Kier molecular flexibility index (Phi) is 2.00. The predicted molar refractivity (Wildman–Crippen MR) is 35.9 cm³/mol. The minimum absolute atomic E-state index is 0.139. The fourth-order valence-electron chi connectivity index (χ4n) is 0.806. The molecule has 1 aromatic rings. The lowest BCUT2D eigenvalue weighted by atomic mass is 10.1. The average Bonchev–Trinajstić information content (AvgIpc) is 1.94. The van der Waals surface area contributed by atoms with Gasteiger partial charge in [0.1, 0.15) is 12.5 Å². The van der Waals surface area contributed by atoms with E-state index in [0.29, 0.717) is 0 Å². The summed E-state index contributed by atoms with van der Waals surface area (Å²) in [4.78, 5) is 0. The van der Waals surface area contributed by atoms with Gasteiger partial charge in [-0.25, -0.2) is 8.78 Å². The summed E-state index contributed by atoms with van der Waals surface area (Å²) in [6.07, 6.45) is 0. The molecule has 0 unspecified atom stereocenters. The van der Waals surface area contributed by atoms with Gasteiger partial charge in [-0.15, -0.1) is 0 Å². The minimum Gasteiger partial charge on any atom is -0.246 e. The molecule has 10 heavy (non-hydrogen) atoms. The number of aryl methyl sites for hydroxylation is 1. The van der Waals surface area contributed by atoms with Gasteiger partial charge in [0.15, 0.2) is 0 Å². The second kappa shape index (κ2) is 2.78. The Hall–Kier alpha value is -0.920. The lowest BCUT2D eigenvalue weighted by molar-refractivity contribution is 0.463. The zero-order valence-corrected chi connectivity index (χ0v) is 5.70. The third-order valence-electron chi connectivity index (χ3n) is 1.35. The van der Waals surface area contributed by atoms with Crippen LogP contribution in [0.4, 0.5) is 8.78 Å². The van der Waals surface area contributed by atoms with E-state index in [1.54, 1.807) is 13.0 Å². The third kappa shape index (κ3) is 1.32. The normalized spacial score (nSPS) is 9.90. The third-order valence-corrected chi connectivity index (χ3v) is 1.35. The molecule has 0 heterocycles. The van der Waals surface area contributed by atoms with E-state index in [1.807, 2.05) is 0 Å². The molecule has 0 aromatic heterocycles. The molecule has 0 bridgehead atoms. The second-order valence-corrected chi connectivity index (χ2v) is 2.23. The van der Waals surface area contributed by atoms with Gasteiger partial charge in [-0.2, -0.15) is 0 Å². The van der Waals surface area contributed by atoms with Crippen molar-refractivity contribution in [3.63, 3.8) is 0 Å². The Balaban J connectivity index is 3.09. The molecule has 0 atom stereocenters. The Labute approximate surface area is 58.5 Å². The molecule has 0 aliphatic rings. The first-order chi connectivity index (χ1) is 4.74. The lowest BCUT2D eigenvalue weighted by Gasteiger charge is -1.97. The number of hydrogen-bond acceptors (Lipinski definition) is 0. The zero-order chi connectivity index (χ0) is 7.56. The molecule has 0 aliphatic heterocycles. The van der Waals surface area contributed by atoms with E-state index < -0.39 is 12.5 Å². The van der Waals surface area contributed by atoms with Gasteiger partial charge in [0.25, 0.3) is 0 Å². The molecule has 0 N–H and O–H groups in total. The molecular formula is C8H8F2. The highest BCUT2D eigenvalue weighted by Gasteiger charge is 1.99. The molecule has 1 rings (SSSR count). The standard InChI is InChI=1S/C8H8F2/c1-6-2-3-8(10)7(4-6)5-9/h2-4H,5H2,1H3. The summed E-state index contributed by atoms with van der Waals surface area (Å²) in [5.74, 6) is -0.465.